The number of carboxylic acid groups (broad SMARTS) is 1. The number of nitrogens with one attached hydrogen (secondary N) is 1. The van der Waals surface area contributed by atoms with Crippen LogP contribution in [-0.4, -0.2) is 28.8 Å². The third-order valence-electron chi connectivity index (χ3n) is 4.44. The van der Waals surface area contributed by atoms with Crippen molar-refractivity contribution in [3.05, 3.63) is 35.4 Å². The zero-order valence-electron chi connectivity index (χ0n) is 13.4. The number of hydrogen-bond donors (Lipinski definition) is 2. The Balaban J connectivity index is 1.81. The summed E-state index contributed by atoms with van der Waals surface area (Å²) in [5, 5.41) is 11.9. The smallest absolute Gasteiger partial charge is 0.308 e. The van der Waals surface area contributed by atoms with Gasteiger partial charge in [0, 0.05) is 24.4 Å². The number of Topliss-reactive ketones (excluding diaryl/α,β-unsaturated/α-hetero) is 1. The predicted molar refractivity (Wildman–Crippen MR) is 86.3 cm³/mol. The van der Waals surface area contributed by atoms with Gasteiger partial charge >= 0.3 is 5.97 Å². The molecule has 5 nitrogen and oxygen atoms in total. The number of carbonyl (C=O) groups excluding carboxylic acids is 2. The number of rotatable bonds is 7. The Morgan fingerprint density at radius 2 is 1.83 bits per heavy atom. The molecule has 0 heterocycles. The first-order valence-corrected chi connectivity index (χ1v) is 8.15. The summed E-state index contributed by atoms with van der Waals surface area (Å²) in [4.78, 5) is 35.1. The number of carbonyl (C=O) groups is 3. The van der Waals surface area contributed by atoms with Crippen LogP contribution < -0.4 is 5.32 Å². The third kappa shape index (κ3) is 4.65. The molecule has 0 saturated heterocycles. The lowest BCUT2D eigenvalue weighted by molar-refractivity contribution is -0.142. The maximum atomic E-state index is 12.1. The first-order chi connectivity index (χ1) is 11.0. The number of amides is 1. The second-order valence-corrected chi connectivity index (χ2v) is 6.02. The summed E-state index contributed by atoms with van der Waals surface area (Å²) < 4.78 is 0. The van der Waals surface area contributed by atoms with Crippen molar-refractivity contribution in [3.63, 3.8) is 0 Å². The molecule has 1 amide bonds. The first-order valence-electron chi connectivity index (χ1n) is 8.15. The highest BCUT2D eigenvalue weighted by Gasteiger charge is 2.33. The maximum absolute atomic E-state index is 12.1. The number of benzene rings is 1. The number of aryl methyl sites for hydroxylation is 1. The molecule has 0 radical (unpaired) electrons. The van der Waals surface area contributed by atoms with E-state index < -0.39 is 11.9 Å². The quantitative estimate of drug-likeness (QED) is 0.757. The molecule has 0 aliphatic heterocycles. The summed E-state index contributed by atoms with van der Waals surface area (Å²) in [5.74, 6) is -1.68. The topological polar surface area (TPSA) is 83.5 Å². The Morgan fingerprint density at radius 3 is 2.43 bits per heavy atom. The van der Waals surface area contributed by atoms with E-state index in [9.17, 15) is 14.4 Å². The van der Waals surface area contributed by atoms with E-state index in [4.69, 9.17) is 5.11 Å². The zero-order chi connectivity index (χ0) is 16.8. The first kappa shape index (κ1) is 17.2. The van der Waals surface area contributed by atoms with Crippen molar-refractivity contribution in [3.8, 4) is 0 Å². The molecule has 1 aromatic rings. The fourth-order valence-corrected chi connectivity index (χ4v) is 3.01. The van der Waals surface area contributed by atoms with E-state index in [-0.39, 0.29) is 30.6 Å². The van der Waals surface area contributed by atoms with Crippen molar-refractivity contribution in [1.82, 2.24) is 5.32 Å². The Labute approximate surface area is 136 Å². The number of hydrogen-bond acceptors (Lipinski definition) is 3. The molecule has 2 rings (SSSR count). The minimum absolute atomic E-state index is 0.0657. The van der Waals surface area contributed by atoms with Gasteiger partial charge in [-0.05, 0) is 24.8 Å². The molecule has 1 aromatic carbocycles. The van der Waals surface area contributed by atoms with Crippen LogP contribution >= 0.6 is 0 Å². The standard InChI is InChI=1S/C18H23NO4/c1-2-12-6-8-13(9-7-12)16(20)10-11-17(21)19-15-5-3-4-14(15)18(22)23/h6-9,14-15H,2-5,10-11H2,1H3,(H,19,21)(H,22,23)/t14-,15+/m0/s1. The number of carboxylic acids is 1. The van der Waals surface area contributed by atoms with Gasteiger partial charge in [0.05, 0.1) is 5.92 Å². The van der Waals surface area contributed by atoms with Gasteiger partial charge in [0.25, 0.3) is 0 Å². The van der Waals surface area contributed by atoms with E-state index >= 15 is 0 Å². The fraction of sp³-hybridized carbons (Fsp3) is 0.500. The minimum Gasteiger partial charge on any atom is -0.481 e. The third-order valence-corrected chi connectivity index (χ3v) is 4.44. The molecule has 23 heavy (non-hydrogen) atoms. The maximum Gasteiger partial charge on any atom is 0.308 e. The van der Waals surface area contributed by atoms with Gasteiger partial charge < -0.3 is 10.4 Å². The second kappa shape index (κ2) is 7.90. The summed E-state index contributed by atoms with van der Waals surface area (Å²) in [5.41, 5.74) is 1.78. The summed E-state index contributed by atoms with van der Waals surface area (Å²) in [6.45, 7) is 2.05. The summed E-state index contributed by atoms with van der Waals surface area (Å²) >= 11 is 0. The second-order valence-electron chi connectivity index (χ2n) is 6.02. The highest BCUT2D eigenvalue weighted by atomic mass is 16.4. The van der Waals surface area contributed by atoms with Gasteiger partial charge in [-0.25, -0.2) is 0 Å². The summed E-state index contributed by atoms with van der Waals surface area (Å²) in [7, 11) is 0. The minimum atomic E-state index is -0.861. The molecule has 0 spiro atoms. The van der Waals surface area contributed by atoms with Crippen LogP contribution in [0.15, 0.2) is 24.3 Å². The zero-order valence-corrected chi connectivity index (χ0v) is 13.4. The average molecular weight is 317 g/mol. The van der Waals surface area contributed by atoms with Gasteiger partial charge in [0.15, 0.2) is 5.78 Å². The van der Waals surface area contributed by atoms with Crippen molar-refractivity contribution < 1.29 is 19.5 Å². The summed E-state index contributed by atoms with van der Waals surface area (Å²) in [6, 6.07) is 7.11. The molecule has 124 valence electrons. The molecule has 0 aromatic heterocycles. The molecule has 0 unspecified atom stereocenters. The van der Waals surface area contributed by atoms with Crippen molar-refractivity contribution in [2.45, 2.75) is 51.5 Å². The largest absolute Gasteiger partial charge is 0.481 e. The van der Waals surface area contributed by atoms with Crippen LogP contribution in [0.1, 0.15) is 54.9 Å². The van der Waals surface area contributed by atoms with Gasteiger partial charge in [0.2, 0.25) is 5.91 Å². The van der Waals surface area contributed by atoms with Gasteiger partial charge in [-0.15, -0.1) is 0 Å². The lowest BCUT2D eigenvalue weighted by Gasteiger charge is -2.17. The monoisotopic (exact) mass is 317 g/mol. The fourth-order valence-electron chi connectivity index (χ4n) is 3.01. The summed E-state index contributed by atoms with van der Waals surface area (Å²) in [6.07, 6.45) is 3.25. The normalized spacial score (nSPS) is 20.2. The molecule has 0 bridgehead atoms. The van der Waals surface area contributed by atoms with E-state index in [1.165, 1.54) is 5.56 Å². The molecule has 2 N–H and O–H groups in total. The molecule has 1 aliphatic rings. The van der Waals surface area contributed by atoms with Crippen LogP contribution in [-0.2, 0) is 16.0 Å². The van der Waals surface area contributed by atoms with E-state index in [0.717, 1.165) is 12.8 Å². The van der Waals surface area contributed by atoms with E-state index in [0.29, 0.717) is 18.4 Å². The molecular weight excluding hydrogens is 294 g/mol. The lowest BCUT2D eigenvalue weighted by atomic mass is 10.0. The van der Waals surface area contributed by atoms with Crippen LogP contribution in [0.4, 0.5) is 0 Å². The Bertz CT molecular complexity index is 579. The van der Waals surface area contributed by atoms with E-state index in [1.54, 1.807) is 12.1 Å². The highest BCUT2D eigenvalue weighted by molar-refractivity contribution is 5.98. The lowest BCUT2D eigenvalue weighted by Crippen LogP contribution is -2.40. The molecule has 5 heteroatoms. The van der Waals surface area contributed by atoms with Crippen molar-refractivity contribution >= 4 is 17.7 Å². The van der Waals surface area contributed by atoms with Gasteiger partial charge in [0.1, 0.15) is 0 Å². The van der Waals surface area contributed by atoms with E-state index in [2.05, 4.69) is 12.2 Å². The highest BCUT2D eigenvalue weighted by Crippen LogP contribution is 2.25. The van der Waals surface area contributed by atoms with Crippen molar-refractivity contribution in [2.75, 3.05) is 0 Å². The van der Waals surface area contributed by atoms with Gasteiger partial charge in [-0.2, -0.15) is 0 Å². The Hall–Kier alpha value is -2.17. The van der Waals surface area contributed by atoms with Crippen LogP contribution in [0.3, 0.4) is 0 Å². The van der Waals surface area contributed by atoms with Gasteiger partial charge in [-0.3, -0.25) is 14.4 Å². The van der Waals surface area contributed by atoms with E-state index in [1.807, 2.05) is 12.1 Å². The Kier molecular flexibility index (Phi) is 5.90. The molecule has 2 atom stereocenters. The molecule has 1 aliphatic carbocycles. The molecular formula is C18H23NO4. The van der Waals surface area contributed by atoms with Crippen molar-refractivity contribution in [2.24, 2.45) is 5.92 Å². The average Bonchev–Trinajstić information content (AvgIpc) is 3.01. The van der Waals surface area contributed by atoms with Crippen LogP contribution in [0, 0.1) is 5.92 Å². The molecule has 1 fully saturated rings. The number of ketones is 1. The molecule has 1 saturated carbocycles. The Morgan fingerprint density at radius 1 is 1.13 bits per heavy atom. The van der Waals surface area contributed by atoms with Gasteiger partial charge in [-0.1, -0.05) is 37.6 Å². The van der Waals surface area contributed by atoms with Crippen LogP contribution in [0.2, 0.25) is 0 Å². The van der Waals surface area contributed by atoms with Crippen LogP contribution in [0.25, 0.3) is 0 Å². The SMILES string of the molecule is CCc1ccc(C(=O)CCC(=O)N[C@@H]2CCC[C@@H]2C(=O)O)cc1. The predicted octanol–water partition coefficient (Wildman–Crippen LogP) is 2.58. The van der Waals surface area contributed by atoms with Crippen LogP contribution in [0.5, 0.6) is 0 Å². The number of aliphatic carboxylic acids is 1. The van der Waals surface area contributed by atoms with Crippen molar-refractivity contribution in [1.29, 1.82) is 0 Å².